The van der Waals surface area contributed by atoms with Crippen molar-refractivity contribution >= 4 is 23.6 Å². The Kier molecular flexibility index (Phi) is 3.09. The van der Waals surface area contributed by atoms with E-state index in [1.807, 2.05) is 30.3 Å². The van der Waals surface area contributed by atoms with Crippen LogP contribution in [-0.2, 0) is 4.79 Å². The molecule has 1 amide bonds. The van der Waals surface area contributed by atoms with Gasteiger partial charge in [0.25, 0.3) is 5.91 Å². The molecular formula is C12H14N4O. The average molecular weight is 230 g/mol. The fourth-order valence-corrected chi connectivity index (χ4v) is 1.73. The Morgan fingerprint density at radius 1 is 1.29 bits per heavy atom. The van der Waals surface area contributed by atoms with E-state index in [9.17, 15) is 4.79 Å². The van der Waals surface area contributed by atoms with E-state index >= 15 is 0 Å². The first-order valence-electron chi connectivity index (χ1n) is 5.34. The van der Waals surface area contributed by atoms with Crippen molar-refractivity contribution < 1.29 is 4.79 Å². The first-order chi connectivity index (χ1) is 8.16. The molecule has 0 fully saturated rings. The quantitative estimate of drug-likeness (QED) is 0.488. The van der Waals surface area contributed by atoms with Crippen molar-refractivity contribution in [2.75, 3.05) is 11.9 Å². The second-order valence-electron chi connectivity index (χ2n) is 3.78. The Morgan fingerprint density at radius 3 is 2.82 bits per heavy atom. The number of fused-ring (bicyclic) bond motifs is 1. The molecule has 5 nitrogen and oxygen atoms in total. The summed E-state index contributed by atoms with van der Waals surface area (Å²) in [4.78, 5) is 15.3. The molecular weight excluding hydrogens is 216 g/mol. The van der Waals surface area contributed by atoms with E-state index in [1.165, 1.54) is 0 Å². The molecule has 5 N–H and O–H groups in total. The van der Waals surface area contributed by atoms with Crippen LogP contribution in [0.25, 0.3) is 6.08 Å². The van der Waals surface area contributed by atoms with Gasteiger partial charge in [-0.05, 0) is 24.1 Å². The van der Waals surface area contributed by atoms with E-state index in [4.69, 9.17) is 11.5 Å². The zero-order valence-corrected chi connectivity index (χ0v) is 9.31. The molecule has 1 aliphatic rings. The van der Waals surface area contributed by atoms with Gasteiger partial charge in [-0.2, -0.15) is 4.99 Å². The van der Waals surface area contributed by atoms with Gasteiger partial charge < -0.3 is 16.8 Å². The van der Waals surface area contributed by atoms with Gasteiger partial charge in [0.05, 0.1) is 0 Å². The van der Waals surface area contributed by atoms with Gasteiger partial charge in [-0.3, -0.25) is 4.79 Å². The molecule has 17 heavy (non-hydrogen) atoms. The summed E-state index contributed by atoms with van der Waals surface area (Å²) in [5.74, 6) is -0.579. The van der Waals surface area contributed by atoms with Crippen LogP contribution in [0.3, 0.4) is 0 Å². The second-order valence-corrected chi connectivity index (χ2v) is 3.78. The Bertz CT molecular complexity index is 501. The van der Waals surface area contributed by atoms with Crippen molar-refractivity contribution in [2.45, 2.75) is 6.42 Å². The number of nitrogens with two attached hydrogens (primary N) is 2. The summed E-state index contributed by atoms with van der Waals surface area (Å²) in [5, 5.41) is 3.25. The van der Waals surface area contributed by atoms with Crippen molar-refractivity contribution in [2.24, 2.45) is 16.5 Å². The SMILES string of the molecule is NC(N)=NC(=O)C1=Cc2ccccc2NCC1. The number of carbonyl (C=O) groups excluding carboxylic acids is 1. The van der Waals surface area contributed by atoms with Gasteiger partial charge in [0, 0.05) is 17.8 Å². The van der Waals surface area contributed by atoms with Crippen LogP contribution in [0.5, 0.6) is 0 Å². The fraction of sp³-hybridized carbons (Fsp3) is 0.167. The predicted octanol–water partition coefficient (Wildman–Crippen LogP) is 0.686. The lowest BCUT2D eigenvalue weighted by Gasteiger charge is -2.04. The van der Waals surface area contributed by atoms with Crippen molar-refractivity contribution in [1.29, 1.82) is 0 Å². The van der Waals surface area contributed by atoms with Gasteiger partial charge in [-0.1, -0.05) is 18.2 Å². The molecule has 5 heteroatoms. The highest BCUT2D eigenvalue weighted by Crippen LogP contribution is 2.23. The molecule has 88 valence electrons. The molecule has 0 radical (unpaired) electrons. The number of benzene rings is 1. The third-order valence-electron chi connectivity index (χ3n) is 2.51. The highest BCUT2D eigenvalue weighted by atomic mass is 16.1. The number of hydrogen-bond acceptors (Lipinski definition) is 2. The minimum Gasteiger partial charge on any atom is -0.384 e. The van der Waals surface area contributed by atoms with E-state index in [-0.39, 0.29) is 11.9 Å². The van der Waals surface area contributed by atoms with Gasteiger partial charge in [0.15, 0.2) is 5.96 Å². The Labute approximate surface area is 99.2 Å². The van der Waals surface area contributed by atoms with Crippen LogP contribution in [-0.4, -0.2) is 18.4 Å². The number of anilines is 1. The van der Waals surface area contributed by atoms with Crippen molar-refractivity contribution in [1.82, 2.24) is 0 Å². The summed E-state index contributed by atoms with van der Waals surface area (Å²) >= 11 is 0. The number of nitrogens with zero attached hydrogens (tertiary/aromatic N) is 1. The topological polar surface area (TPSA) is 93.5 Å². The molecule has 0 unspecified atom stereocenters. The summed E-state index contributed by atoms with van der Waals surface area (Å²) in [6, 6.07) is 7.78. The zero-order chi connectivity index (χ0) is 12.3. The van der Waals surface area contributed by atoms with Crippen LogP contribution in [0.4, 0.5) is 5.69 Å². The molecule has 1 heterocycles. The highest BCUT2D eigenvalue weighted by Gasteiger charge is 2.13. The predicted molar refractivity (Wildman–Crippen MR) is 68.3 cm³/mol. The first kappa shape index (κ1) is 11.2. The maximum absolute atomic E-state index is 11.7. The van der Waals surface area contributed by atoms with Gasteiger partial charge in [-0.15, -0.1) is 0 Å². The Morgan fingerprint density at radius 2 is 2.06 bits per heavy atom. The second kappa shape index (κ2) is 4.69. The molecule has 1 aliphatic heterocycles. The van der Waals surface area contributed by atoms with Crippen LogP contribution in [0, 0.1) is 0 Å². The molecule has 0 aromatic heterocycles. The number of rotatable bonds is 1. The lowest BCUT2D eigenvalue weighted by Crippen LogP contribution is -2.24. The molecule has 0 aliphatic carbocycles. The van der Waals surface area contributed by atoms with Gasteiger partial charge >= 0.3 is 0 Å². The van der Waals surface area contributed by atoms with Gasteiger partial charge in [-0.25, -0.2) is 0 Å². The third kappa shape index (κ3) is 2.63. The highest BCUT2D eigenvalue weighted by molar-refractivity contribution is 6.04. The first-order valence-corrected chi connectivity index (χ1v) is 5.34. The number of nitrogens with one attached hydrogen (secondary N) is 1. The van der Waals surface area contributed by atoms with Crippen LogP contribution >= 0.6 is 0 Å². The molecule has 0 spiro atoms. The summed E-state index contributed by atoms with van der Waals surface area (Å²) in [7, 11) is 0. The van der Waals surface area contributed by atoms with Crippen LogP contribution in [0.2, 0.25) is 0 Å². The maximum Gasteiger partial charge on any atom is 0.276 e. The number of aliphatic imine (C=N–C) groups is 1. The van der Waals surface area contributed by atoms with Crippen LogP contribution in [0.15, 0.2) is 34.8 Å². The molecule has 1 aromatic carbocycles. The molecule has 2 rings (SSSR count). The Hall–Kier alpha value is -2.30. The van der Waals surface area contributed by atoms with E-state index < -0.39 is 0 Å². The standard InChI is InChI=1S/C12H14N4O/c13-12(14)16-11(17)9-5-6-15-10-4-2-1-3-8(10)7-9/h1-4,7,15H,5-6H2,(H4,13,14,16,17). The normalized spacial score (nSPS) is 13.8. The number of amides is 1. The number of hydrogen-bond donors (Lipinski definition) is 3. The lowest BCUT2D eigenvalue weighted by molar-refractivity contribution is -0.114. The maximum atomic E-state index is 11.7. The summed E-state index contributed by atoms with van der Waals surface area (Å²) in [5.41, 5.74) is 13.0. The minimum absolute atomic E-state index is 0.207. The van der Waals surface area contributed by atoms with Gasteiger partial charge in [0.1, 0.15) is 0 Å². The van der Waals surface area contributed by atoms with Crippen molar-refractivity contribution in [3.8, 4) is 0 Å². The molecule has 1 aromatic rings. The van der Waals surface area contributed by atoms with Crippen LogP contribution in [0.1, 0.15) is 12.0 Å². The zero-order valence-electron chi connectivity index (χ0n) is 9.31. The summed E-state index contributed by atoms with van der Waals surface area (Å²) < 4.78 is 0. The smallest absolute Gasteiger partial charge is 0.276 e. The van der Waals surface area contributed by atoms with E-state index in [0.29, 0.717) is 18.5 Å². The van der Waals surface area contributed by atoms with Crippen molar-refractivity contribution in [3.05, 3.63) is 35.4 Å². The minimum atomic E-state index is -0.372. The van der Waals surface area contributed by atoms with E-state index in [1.54, 1.807) is 0 Å². The molecule has 0 bridgehead atoms. The number of carbonyl (C=O) groups is 1. The summed E-state index contributed by atoms with van der Waals surface area (Å²) in [6.45, 7) is 0.689. The third-order valence-corrected chi connectivity index (χ3v) is 2.51. The van der Waals surface area contributed by atoms with Crippen molar-refractivity contribution in [3.63, 3.8) is 0 Å². The molecule has 0 atom stereocenters. The van der Waals surface area contributed by atoms with E-state index in [0.717, 1.165) is 11.3 Å². The molecule has 0 saturated carbocycles. The number of guanidine groups is 1. The van der Waals surface area contributed by atoms with Gasteiger partial charge in [0.2, 0.25) is 0 Å². The largest absolute Gasteiger partial charge is 0.384 e. The fourth-order valence-electron chi connectivity index (χ4n) is 1.73. The molecule has 0 saturated heterocycles. The van der Waals surface area contributed by atoms with Crippen LogP contribution < -0.4 is 16.8 Å². The lowest BCUT2D eigenvalue weighted by atomic mass is 10.1. The number of para-hydroxylation sites is 1. The summed E-state index contributed by atoms with van der Waals surface area (Å²) in [6.07, 6.45) is 2.42. The Balaban J connectivity index is 2.34. The average Bonchev–Trinajstić information content (AvgIpc) is 2.49. The van der Waals surface area contributed by atoms with E-state index in [2.05, 4.69) is 10.3 Å². The monoisotopic (exact) mass is 230 g/mol.